The molecule has 0 saturated carbocycles. The summed E-state index contributed by atoms with van der Waals surface area (Å²) in [5, 5.41) is 8.82. The van der Waals surface area contributed by atoms with E-state index in [4.69, 9.17) is 15.6 Å². The van der Waals surface area contributed by atoms with Gasteiger partial charge in [0.15, 0.2) is 0 Å². The lowest BCUT2D eigenvalue weighted by molar-refractivity contribution is 0.0697. The molecule has 7 nitrogen and oxygen atoms in total. The summed E-state index contributed by atoms with van der Waals surface area (Å²) in [6.45, 7) is 3.51. The van der Waals surface area contributed by atoms with Crippen LogP contribution in [0.3, 0.4) is 0 Å². The first kappa shape index (κ1) is 16.4. The van der Waals surface area contributed by atoms with Crippen LogP contribution in [0.1, 0.15) is 24.2 Å². The summed E-state index contributed by atoms with van der Waals surface area (Å²) in [6, 6.07) is 3.47. The predicted molar refractivity (Wildman–Crippen MR) is 74.1 cm³/mol. The molecule has 0 fully saturated rings. The van der Waals surface area contributed by atoms with Crippen LogP contribution in [-0.2, 0) is 14.8 Å². The Bertz CT molecular complexity index is 610. The van der Waals surface area contributed by atoms with E-state index in [1.807, 2.05) is 0 Å². The molecule has 0 unspecified atom stereocenters. The fourth-order valence-electron chi connectivity index (χ4n) is 1.74. The number of sulfonamides is 1. The second-order valence-corrected chi connectivity index (χ2v) is 6.63. The molecule has 20 heavy (non-hydrogen) atoms. The summed E-state index contributed by atoms with van der Waals surface area (Å²) >= 11 is 0. The largest absolute Gasteiger partial charge is 0.478 e. The van der Waals surface area contributed by atoms with Gasteiger partial charge in [0, 0.05) is 7.11 Å². The zero-order chi connectivity index (χ0) is 15.6. The van der Waals surface area contributed by atoms with Crippen molar-refractivity contribution in [2.45, 2.75) is 24.3 Å². The number of anilines is 1. The van der Waals surface area contributed by atoms with Crippen LogP contribution in [0, 0.1) is 0 Å². The Balaban J connectivity index is 3.14. The van der Waals surface area contributed by atoms with Crippen LogP contribution in [-0.4, -0.2) is 38.7 Å². The number of nitrogens with two attached hydrogens (primary N) is 1. The third-order valence-electron chi connectivity index (χ3n) is 2.46. The standard InChI is InChI=1S/C12H18N2O5S/c1-12(2,7-19-3)14-20(17,18)10-5-4-8(11(15)16)6-9(10)13/h4-6,14H,7,13H2,1-3H3,(H,15,16). The van der Waals surface area contributed by atoms with Gasteiger partial charge in [-0.15, -0.1) is 0 Å². The van der Waals surface area contributed by atoms with Gasteiger partial charge in [-0.25, -0.2) is 17.9 Å². The Kier molecular flexibility index (Phi) is 4.74. The molecule has 0 spiro atoms. The molecule has 0 radical (unpaired) electrons. The Morgan fingerprint density at radius 3 is 2.50 bits per heavy atom. The highest BCUT2D eigenvalue weighted by atomic mass is 32.2. The Morgan fingerprint density at radius 2 is 2.05 bits per heavy atom. The van der Waals surface area contributed by atoms with E-state index in [0.29, 0.717) is 0 Å². The summed E-state index contributed by atoms with van der Waals surface area (Å²) in [5.74, 6) is -1.17. The van der Waals surface area contributed by atoms with E-state index in [9.17, 15) is 13.2 Å². The van der Waals surface area contributed by atoms with E-state index in [1.165, 1.54) is 19.2 Å². The van der Waals surface area contributed by atoms with Crippen molar-refractivity contribution in [3.05, 3.63) is 23.8 Å². The van der Waals surface area contributed by atoms with Crippen LogP contribution in [0.5, 0.6) is 0 Å². The molecular formula is C12H18N2O5S. The van der Waals surface area contributed by atoms with E-state index >= 15 is 0 Å². The summed E-state index contributed by atoms with van der Waals surface area (Å²) in [7, 11) is -2.40. The van der Waals surface area contributed by atoms with Gasteiger partial charge in [-0.1, -0.05) is 0 Å². The molecule has 1 rings (SSSR count). The highest BCUT2D eigenvalue weighted by molar-refractivity contribution is 7.89. The smallest absolute Gasteiger partial charge is 0.335 e. The molecule has 1 aromatic rings. The number of carboxylic acids is 1. The Hall–Kier alpha value is -1.64. The van der Waals surface area contributed by atoms with Gasteiger partial charge in [-0.2, -0.15) is 0 Å². The highest BCUT2D eigenvalue weighted by Crippen LogP contribution is 2.21. The maximum atomic E-state index is 12.2. The molecule has 0 aliphatic carbocycles. The topological polar surface area (TPSA) is 119 Å². The van der Waals surface area contributed by atoms with E-state index < -0.39 is 21.5 Å². The lowest BCUT2D eigenvalue weighted by atomic mass is 10.1. The van der Waals surface area contributed by atoms with Crippen molar-refractivity contribution in [1.82, 2.24) is 4.72 Å². The molecule has 4 N–H and O–H groups in total. The minimum Gasteiger partial charge on any atom is -0.478 e. The van der Waals surface area contributed by atoms with Crippen molar-refractivity contribution in [2.24, 2.45) is 0 Å². The molecule has 0 bridgehead atoms. The Labute approximate surface area is 117 Å². The molecular weight excluding hydrogens is 284 g/mol. The fourth-order valence-corrected chi connectivity index (χ4v) is 3.25. The van der Waals surface area contributed by atoms with E-state index in [1.54, 1.807) is 13.8 Å². The SMILES string of the molecule is COCC(C)(C)NS(=O)(=O)c1ccc(C(=O)O)cc1N. The van der Waals surface area contributed by atoms with Crippen molar-refractivity contribution in [1.29, 1.82) is 0 Å². The van der Waals surface area contributed by atoms with Crippen LogP contribution in [0.25, 0.3) is 0 Å². The summed E-state index contributed by atoms with van der Waals surface area (Å²) in [6.07, 6.45) is 0. The van der Waals surface area contributed by atoms with Crippen LogP contribution in [0.2, 0.25) is 0 Å². The molecule has 1 aromatic carbocycles. The molecule has 0 saturated heterocycles. The minimum atomic E-state index is -3.86. The third-order valence-corrected chi connectivity index (χ3v) is 4.23. The summed E-state index contributed by atoms with van der Waals surface area (Å²) in [4.78, 5) is 10.6. The van der Waals surface area contributed by atoms with Gasteiger partial charge in [-0.3, -0.25) is 0 Å². The number of aromatic carboxylic acids is 1. The molecule has 0 aliphatic rings. The first-order chi connectivity index (χ1) is 9.09. The maximum Gasteiger partial charge on any atom is 0.335 e. The average Bonchev–Trinajstić information content (AvgIpc) is 2.26. The zero-order valence-corrected chi connectivity index (χ0v) is 12.3. The quantitative estimate of drug-likeness (QED) is 0.665. The summed E-state index contributed by atoms with van der Waals surface area (Å²) < 4.78 is 31.9. The number of carboxylic acid groups (broad SMARTS) is 1. The molecule has 112 valence electrons. The molecule has 0 aliphatic heterocycles. The van der Waals surface area contributed by atoms with Crippen molar-refractivity contribution in [2.75, 3.05) is 19.5 Å². The Morgan fingerprint density at radius 1 is 1.45 bits per heavy atom. The number of nitrogen functional groups attached to an aromatic ring is 1. The lowest BCUT2D eigenvalue weighted by Crippen LogP contribution is -2.46. The number of hydrogen-bond donors (Lipinski definition) is 3. The van der Waals surface area contributed by atoms with Crippen molar-refractivity contribution in [3.8, 4) is 0 Å². The van der Waals surface area contributed by atoms with Crippen LogP contribution < -0.4 is 10.5 Å². The molecule has 0 aromatic heterocycles. The number of benzene rings is 1. The second-order valence-electron chi connectivity index (χ2n) is 4.98. The highest BCUT2D eigenvalue weighted by Gasteiger charge is 2.27. The van der Waals surface area contributed by atoms with Crippen molar-refractivity contribution in [3.63, 3.8) is 0 Å². The van der Waals surface area contributed by atoms with Gasteiger partial charge < -0.3 is 15.6 Å². The number of methoxy groups -OCH3 is 1. The van der Waals surface area contributed by atoms with Crippen molar-refractivity contribution >= 4 is 21.7 Å². The number of carbonyl (C=O) groups is 1. The molecule has 0 amide bonds. The maximum absolute atomic E-state index is 12.2. The van der Waals surface area contributed by atoms with E-state index in [-0.39, 0.29) is 22.8 Å². The van der Waals surface area contributed by atoms with Crippen LogP contribution >= 0.6 is 0 Å². The first-order valence-electron chi connectivity index (χ1n) is 5.75. The van der Waals surface area contributed by atoms with Gasteiger partial charge in [0.25, 0.3) is 0 Å². The molecule has 0 atom stereocenters. The van der Waals surface area contributed by atoms with Crippen LogP contribution in [0.15, 0.2) is 23.1 Å². The zero-order valence-electron chi connectivity index (χ0n) is 11.5. The number of nitrogens with one attached hydrogen (secondary N) is 1. The van der Waals surface area contributed by atoms with Crippen LogP contribution in [0.4, 0.5) is 5.69 Å². The first-order valence-corrected chi connectivity index (χ1v) is 7.23. The lowest BCUT2D eigenvalue weighted by Gasteiger charge is -2.25. The molecule has 0 heterocycles. The normalized spacial score (nSPS) is 12.3. The minimum absolute atomic E-state index is 0.0717. The van der Waals surface area contributed by atoms with Gasteiger partial charge >= 0.3 is 5.97 Å². The summed E-state index contributed by atoms with van der Waals surface area (Å²) in [5.41, 5.74) is 4.62. The fraction of sp³-hybridized carbons (Fsp3) is 0.417. The number of rotatable bonds is 6. The predicted octanol–water partition coefficient (Wildman–Crippen LogP) is 0.670. The third kappa shape index (κ3) is 3.92. The van der Waals surface area contributed by atoms with Gasteiger partial charge in [0.05, 0.1) is 23.4 Å². The average molecular weight is 302 g/mol. The number of hydrogen-bond acceptors (Lipinski definition) is 5. The van der Waals surface area contributed by atoms with Gasteiger partial charge in [0.1, 0.15) is 4.90 Å². The second kappa shape index (κ2) is 5.78. The van der Waals surface area contributed by atoms with E-state index in [0.717, 1.165) is 6.07 Å². The van der Waals surface area contributed by atoms with Gasteiger partial charge in [0.2, 0.25) is 10.0 Å². The number of ether oxygens (including phenoxy) is 1. The van der Waals surface area contributed by atoms with E-state index in [2.05, 4.69) is 4.72 Å². The molecule has 8 heteroatoms. The van der Waals surface area contributed by atoms with Gasteiger partial charge in [-0.05, 0) is 32.0 Å². The van der Waals surface area contributed by atoms with Crippen molar-refractivity contribution < 1.29 is 23.1 Å². The monoisotopic (exact) mass is 302 g/mol.